The van der Waals surface area contributed by atoms with Gasteiger partial charge in [0, 0.05) is 6.04 Å². The maximum Gasteiger partial charge on any atom is 0.237 e. The Morgan fingerprint density at radius 1 is 1.20 bits per heavy atom. The van der Waals surface area contributed by atoms with Gasteiger partial charge in [0.15, 0.2) is 0 Å². The van der Waals surface area contributed by atoms with Gasteiger partial charge in [0.25, 0.3) is 0 Å². The number of nitrogens with zero attached hydrogens (tertiary/aromatic N) is 1. The van der Waals surface area contributed by atoms with Crippen molar-refractivity contribution in [1.29, 1.82) is 0 Å². The van der Waals surface area contributed by atoms with Crippen LogP contribution in [0.2, 0.25) is 0 Å². The molecule has 0 aromatic carbocycles. The number of hydrogen-bond donors (Lipinski definition) is 2. The standard InChI is InChI=1S/C16H31N3O/c1-3-17-12-14-8-10-19(11-9-14)13(2)16(20)18-15-6-4-5-7-15/h13-15,17H,3-12H2,1-2H3,(H,18,20). The Hall–Kier alpha value is -0.610. The van der Waals surface area contributed by atoms with Crippen LogP contribution < -0.4 is 10.6 Å². The zero-order chi connectivity index (χ0) is 14.4. The summed E-state index contributed by atoms with van der Waals surface area (Å²) in [5.74, 6) is 1.03. The molecule has 4 heteroatoms. The Bertz CT molecular complexity index is 294. The first-order valence-electron chi connectivity index (χ1n) is 8.45. The fraction of sp³-hybridized carbons (Fsp3) is 0.938. The van der Waals surface area contributed by atoms with Crippen LogP contribution in [0.15, 0.2) is 0 Å². The minimum atomic E-state index is 0.0377. The van der Waals surface area contributed by atoms with E-state index in [9.17, 15) is 4.79 Å². The summed E-state index contributed by atoms with van der Waals surface area (Å²) >= 11 is 0. The molecule has 2 rings (SSSR count). The van der Waals surface area contributed by atoms with Crippen molar-refractivity contribution in [3.63, 3.8) is 0 Å². The summed E-state index contributed by atoms with van der Waals surface area (Å²) in [5, 5.41) is 6.66. The van der Waals surface area contributed by atoms with Crippen molar-refractivity contribution in [1.82, 2.24) is 15.5 Å². The fourth-order valence-electron chi connectivity index (χ4n) is 3.45. The second-order valence-electron chi connectivity index (χ2n) is 6.45. The summed E-state index contributed by atoms with van der Waals surface area (Å²) in [7, 11) is 0. The summed E-state index contributed by atoms with van der Waals surface area (Å²) in [6, 6.07) is 0.479. The number of hydrogen-bond acceptors (Lipinski definition) is 3. The minimum absolute atomic E-state index is 0.0377. The van der Waals surface area contributed by atoms with Gasteiger partial charge in [-0.1, -0.05) is 19.8 Å². The largest absolute Gasteiger partial charge is 0.352 e. The van der Waals surface area contributed by atoms with Crippen LogP contribution in [-0.4, -0.2) is 49.1 Å². The van der Waals surface area contributed by atoms with Crippen LogP contribution in [0.4, 0.5) is 0 Å². The van der Waals surface area contributed by atoms with Crippen LogP contribution in [0, 0.1) is 5.92 Å². The average Bonchev–Trinajstić information content (AvgIpc) is 2.97. The molecule has 0 spiro atoms. The second-order valence-corrected chi connectivity index (χ2v) is 6.45. The SMILES string of the molecule is CCNCC1CCN(C(C)C(=O)NC2CCCC2)CC1. The first kappa shape index (κ1) is 15.8. The van der Waals surface area contributed by atoms with Gasteiger partial charge in [0.2, 0.25) is 5.91 Å². The van der Waals surface area contributed by atoms with Gasteiger partial charge in [0.1, 0.15) is 0 Å². The Morgan fingerprint density at radius 2 is 1.85 bits per heavy atom. The normalized spacial score (nSPS) is 23.9. The van der Waals surface area contributed by atoms with Crippen LogP contribution in [0.3, 0.4) is 0 Å². The van der Waals surface area contributed by atoms with E-state index >= 15 is 0 Å². The summed E-state index contributed by atoms with van der Waals surface area (Å²) in [4.78, 5) is 14.6. The van der Waals surface area contributed by atoms with Crippen molar-refractivity contribution in [2.45, 2.75) is 64.5 Å². The number of piperidine rings is 1. The quantitative estimate of drug-likeness (QED) is 0.780. The summed E-state index contributed by atoms with van der Waals surface area (Å²) in [5.41, 5.74) is 0. The van der Waals surface area contributed by atoms with Crippen molar-refractivity contribution in [3.8, 4) is 0 Å². The van der Waals surface area contributed by atoms with Crippen molar-refractivity contribution in [2.24, 2.45) is 5.92 Å². The van der Waals surface area contributed by atoms with Crippen LogP contribution in [0.1, 0.15) is 52.4 Å². The minimum Gasteiger partial charge on any atom is -0.352 e. The number of carbonyl (C=O) groups is 1. The first-order chi connectivity index (χ1) is 9.70. The maximum atomic E-state index is 12.3. The zero-order valence-electron chi connectivity index (χ0n) is 13.2. The van der Waals surface area contributed by atoms with Gasteiger partial charge < -0.3 is 10.6 Å². The van der Waals surface area contributed by atoms with E-state index in [1.165, 1.54) is 38.5 Å². The van der Waals surface area contributed by atoms with E-state index in [4.69, 9.17) is 0 Å². The van der Waals surface area contributed by atoms with Gasteiger partial charge in [-0.25, -0.2) is 0 Å². The Balaban J connectivity index is 1.70. The smallest absolute Gasteiger partial charge is 0.237 e. The number of amides is 1. The third kappa shape index (κ3) is 4.45. The average molecular weight is 281 g/mol. The number of nitrogens with one attached hydrogen (secondary N) is 2. The highest BCUT2D eigenvalue weighted by Gasteiger charge is 2.28. The molecule has 0 radical (unpaired) electrons. The van der Waals surface area contributed by atoms with Crippen molar-refractivity contribution < 1.29 is 4.79 Å². The van der Waals surface area contributed by atoms with Gasteiger partial charge >= 0.3 is 0 Å². The fourth-order valence-corrected chi connectivity index (χ4v) is 3.45. The predicted molar refractivity (Wildman–Crippen MR) is 82.7 cm³/mol. The monoisotopic (exact) mass is 281 g/mol. The third-order valence-corrected chi connectivity index (χ3v) is 4.96. The molecule has 0 aromatic rings. The van der Waals surface area contributed by atoms with E-state index in [0.29, 0.717) is 6.04 Å². The van der Waals surface area contributed by atoms with E-state index in [1.54, 1.807) is 0 Å². The molecule has 0 bridgehead atoms. The maximum absolute atomic E-state index is 12.3. The molecule has 4 nitrogen and oxygen atoms in total. The molecule has 1 aliphatic carbocycles. The molecule has 1 aliphatic heterocycles. The van der Waals surface area contributed by atoms with Crippen molar-refractivity contribution >= 4 is 5.91 Å². The lowest BCUT2D eigenvalue weighted by atomic mass is 9.95. The van der Waals surface area contributed by atoms with Crippen molar-refractivity contribution in [2.75, 3.05) is 26.2 Å². The van der Waals surface area contributed by atoms with E-state index in [-0.39, 0.29) is 11.9 Å². The molecule has 2 aliphatic rings. The van der Waals surface area contributed by atoms with Gasteiger partial charge in [-0.15, -0.1) is 0 Å². The molecule has 1 saturated heterocycles. The van der Waals surface area contributed by atoms with Gasteiger partial charge in [-0.2, -0.15) is 0 Å². The summed E-state index contributed by atoms with van der Waals surface area (Å²) < 4.78 is 0. The molecule has 1 heterocycles. The predicted octanol–water partition coefficient (Wildman–Crippen LogP) is 1.76. The Labute approximate surface area is 123 Å². The van der Waals surface area contributed by atoms with Crippen LogP contribution >= 0.6 is 0 Å². The molecular formula is C16H31N3O. The zero-order valence-corrected chi connectivity index (χ0v) is 13.2. The lowest BCUT2D eigenvalue weighted by Crippen LogP contribution is -2.50. The van der Waals surface area contributed by atoms with Gasteiger partial charge in [-0.05, 0) is 64.7 Å². The van der Waals surface area contributed by atoms with E-state index in [0.717, 1.165) is 32.1 Å². The highest BCUT2D eigenvalue weighted by molar-refractivity contribution is 5.81. The Kier molecular flexibility index (Phi) is 6.30. The van der Waals surface area contributed by atoms with Gasteiger partial charge in [-0.3, -0.25) is 9.69 Å². The highest BCUT2D eigenvalue weighted by Crippen LogP contribution is 2.20. The summed E-state index contributed by atoms with van der Waals surface area (Å²) in [6.07, 6.45) is 7.32. The molecule has 20 heavy (non-hydrogen) atoms. The third-order valence-electron chi connectivity index (χ3n) is 4.96. The number of likely N-dealkylation sites (tertiary alicyclic amines) is 1. The highest BCUT2D eigenvalue weighted by atomic mass is 16.2. The van der Waals surface area contributed by atoms with E-state index < -0.39 is 0 Å². The molecule has 0 aromatic heterocycles. The number of rotatable bonds is 6. The Morgan fingerprint density at radius 3 is 2.45 bits per heavy atom. The lowest BCUT2D eigenvalue weighted by Gasteiger charge is -2.35. The molecule has 1 unspecified atom stereocenters. The van der Waals surface area contributed by atoms with Crippen LogP contribution in [0.25, 0.3) is 0 Å². The topological polar surface area (TPSA) is 44.4 Å². The second kappa shape index (κ2) is 7.99. The van der Waals surface area contributed by atoms with Crippen molar-refractivity contribution in [3.05, 3.63) is 0 Å². The first-order valence-corrected chi connectivity index (χ1v) is 8.45. The van der Waals surface area contributed by atoms with Gasteiger partial charge in [0.05, 0.1) is 6.04 Å². The molecule has 1 saturated carbocycles. The number of carbonyl (C=O) groups excluding carboxylic acids is 1. The van der Waals surface area contributed by atoms with Crippen LogP contribution in [-0.2, 0) is 4.79 Å². The molecule has 116 valence electrons. The molecule has 1 amide bonds. The molecule has 2 N–H and O–H groups in total. The molecule has 1 atom stereocenters. The molecule has 2 fully saturated rings. The van der Waals surface area contributed by atoms with Crippen LogP contribution in [0.5, 0.6) is 0 Å². The summed E-state index contributed by atoms with van der Waals surface area (Å²) in [6.45, 7) is 8.54. The lowest BCUT2D eigenvalue weighted by molar-refractivity contribution is -0.127. The molecular weight excluding hydrogens is 250 g/mol. The van der Waals surface area contributed by atoms with E-state index in [1.807, 2.05) is 0 Å². The van der Waals surface area contributed by atoms with E-state index in [2.05, 4.69) is 29.4 Å².